The van der Waals surface area contributed by atoms with Gasteiger partial charge in [0.2, 0.25) is 5.91 Å². The summed E-state index contributed by atoms with van der Waals surface area (Å²) >= 11 is 4.73. The van der Waals surface area contributed by atoms with Crippen LogP contribution in [0.2, 0.25) is 0 Å². The molecule has 1 aliphatic carbocycles. The Morgan fingerprint density at radius 3 is 2.47 bits per heavy atom. The molecule has 3 aromatic rings. The van der Waals surface area contributed by atoms with E-state index in [-0.39, 0.29) is 16.7 Å². The lowest BCUT2D eigenvalue weighted by molar-refractivity contribution is -0.119. The highest BCUT2D eigenvalue weighted by Crippen LogP contribution is 2.36. The molecule has 32 heavy (non-hydrogen) atoms. The number of halogens is 1. The molecular weight excluding hydrogens is 510 g/mol. The number of carbonyl (C=O) groups excluding carboxylic acids is 1. The molecule has 6 nitrogen and oxygen atoms in total. The largest absolute Gasteiger partial charge is 0.302 e. The number of aryl methyl sites for hydroxylation is 2. The Bertz CT molecular complexity index is 1250. The normalized spacial score (nSPS) is 14.5. The molecule has 0 atom stereocenters. The highest BCUT2D eigenvalue weighted by molar-refractivity contribution is 9.10. The molecule has 1 aromatic heterocycles. The van der Waals surface area contributed by atoms with Gasteiger partial charge in [0, 0.05) is 10.4 Å². The number of carbonyl (C=O) groups is 1. The zero-order chi connectivity index (χ0) is 22.9. The first-order valence-electron chi connectivity index (χ1n) is 10.4. The van der Waals surface area contributed by atoms with Gasteiger partial charge in [-0.2, -0.15) is 0 Å². The molecule has 0 spiro atoms. The molecule has 0 unspecified atom stereocenters. The van der Waals surface area contributed by atoms with Crippen molar-refractivity contribution in [2.45, 2.75) is 44.4 Å². The number of rotatable bonds is 6. The zero-order valence-electron chi connectivity index (χ0n) is 17.8. The van der Waals surface area contributed by atoms with Crippen LogP contribution in [0.1, 0.15) is 36.9 Å². The SMILES string of the molecule is Cc1ccc(-c2sc(NC(=O)C3CCCC3)nc2C)cc1NS(=O)(=O)c1ccc(Br)cc1. The first-order valence-corrected chi connectivity index (χ1v) is 13.5. The summed E-state index contributed by atoms with van der Waals surface area (Å²) in [5.41, 5.74) is 2.96. The van der Waals surface area contributed by atoms with Crippen LogP contribution in [-0.4, -0.2) is 19.3 Å². The Hall–Kier alpha value is -2.23. The van der Waals surface area contributed by atoms with Crippen molar-refractivity contribution in [2.24, 2.45) is 5.92 Å². The molecule has 0 aliphatic heterocycles. The molecule has 1 saturated carbocycles. The molecule has 0 saturated heterocycles. The second-order valence-corrected chi connectivity index (χ2v) is 11.6. The van der Waals surface area contributed by atoms with Crippen molar-refractivity contribution in [3.63, 3.8) is 0 Å². The van der Waals surface area contributed by atoms with Crippen LogP contribution in [-0.2, 0) is 14.8 Å². The van der Waals surface area contributed by atoms with Crippen molar-refractivity contribution >= 4 is 54.0 Å². The maximum absolute atomic E-state index is 12.8. The molecule has 168 valence electrons. The number of nitrogens with zero attached hydrogens (tertiary/aromatic N) is 1. The van der Waals surface area contributed by atoms with Crippen molar-refractivity contribution in [1.29, 1.82) is 0 Å². The second kappa shape index (κ2) is 9.33. The van der Waals surface area contributed by atoms with E-state index in [2.05, 4.69) is 31.0 Å². The van der Waals surface area contributed by atoms with Crippen LogP contribution >= 0.6 is 27.3 Å². The molecular formula is C23H24BrN3O3S2. The molecule has 2 aromatic carbocycles. The lowest BCUT2D eigenvalue weighted by atomic mass is 10.1. The second-order valence-electron chi connectivity index (χ2n) is 7.99. The first kappa shape index (κ1) is 22.9. The number of hydrogen-bond acceptors (Lipinski definition) is 5. The molecule has 9 heteroatoms. The molecule has 1 heterocycles. The van der Waals surface area contributed by atoms with E-state index in [4.69, 9.17) is 0 Å². The predicted octanol–water partition coefficient (Wildman–Crippen LogP) is 6.12. The highest BCUT2D eigenvalue weighted by Gasteiger charge is 2.24. The number of hydrogen-bond donors (Lipinski definition) is 2. The van der Waals surface area contributed by atoms with Crippen molar-refractivity contribution in [2.75, 3.05) is 10.0 Å². The maximum Gasteiger partial charge on any atom is 0.261 e. The number of sulfonamides is 1. The lowest BCUT2D eigenvalue weighted by Gasteiger charge is -2.12. The van der Waals surface area contributed by atoms with Gasteiger partial charge in [-0.05, 0) is 68.1 Å². The number of benzene rings is 2. The van der Waals surface area contributed by atoms with Gasteiger partial charge in [-0.1, -0.05) is 52.2 Å². The summed E-state index contributed by atoms with van der Waals surface area (Å²) in [5.74, 6) is 0.108. The van der Waals surface area contributed by atoms with E-state index in [1.807, 2.05) is 32.0 Å². The van der Waals surface area contributed by atoms with Gasteiger partial charge in [-0.15, -0.1) is 0 Å². The van der Waals surface area contributed by atoms with E-state index in [9.17, 15) is 13.2 Å². The molecule has 0 radical (unpaired) electrons. The van der Waals surface area contributed by atoms with Gasteiger partial charge in [-0.25, -0.2) is 13.4 Å². The van der Waals surface area contributed by atoms with Crippen molar-refractivity contribution < 1.29 is 13.2 Å². The quantitative estimate of drug-likeness (QED) is 0.399. The summed E-state index contributed by atoms with van der Waals surface area (Å²) in [6.07, 6.45) is 4.07. The topological polar surface area (TPSA) is 88.2 Å². The van der Waals surface area contributed by atoms with E-state index in [1.165, 1.54) is 11.3 Å². The summed E-state index contributed by atoms with van der Waals surface area (Å²) in [6, 6.07) is 12.1. The van der Waals surface area contributed by atoms with Gasteiger partial charge in [0.1, 0.15) is 0 Å². The van der Waals surface area contributed by atoms with Crippen LogP contribution in [0.5, 0.6) is 0 Å². The average molecular weight is 535 g/mol. The smallest absolute Gasteiger partial charge is 0.261 e. The predicted molar refractivity (Wildman–Crippen MR) is 133 cm³/mol. The van der Waals surface area contributed by atoms with Gasteiger partial charge < -0.3 is 5.32 Å². The third-order valence-corrected chi connectivity index (χ3v) is 8.65. The molecule has 0 bridgehead atoms. The number of aromatic nitrogens is 1. The van der Waals surface area contributed by atoms with Gasteiger partial charge in [0.15, 0.2) is 5.13 Å². The fraction of sp³-hybridized carbons (Fsp3) is 0.304. The third kappa shape index (κ3) is 5.05. The Morgan fingerprint density at radius 2 is 1.78 bits per heavy atom. The standard InChI is InChI=1S/C23H24BrN3O3S2/c1-14-7-8-17(13-20(14)27-32(29,30)19-11-9-18(24)10-12-19)21-15(2)25-23(31-21)26-22(28)16-5-3-4-6-16/h7-13,16,27H,3-6H2,1-2H3,(H,25,26,28). The summed E-state index contributed by atoms with van der Waals surface area (Å²) in [7, 11) is -3.72. The average Bonchev–Trinajstić information content (AvgIpc) is 3.40. The van der Waals surface area contributed by atoms with E-state index in [0.29, 0.717) is 10.8 Å². The van der Waals surface area contributed by atoms with E-state index in [0.717, 1.165) is 51.9 Å². The first-order chi connectivity index (χ1) is 15.2. The van der Waals surface area contributed by atoms with Gasteiger partial charge in [-0.3, -0.25) is 9.52 Å². The molecule has 1 amide bonds. The van der Waals surface area contributed by atoms with Crippen LogP contribution in [0.15, 0.2) is 51.8 Å². The van der Waals surface area contributed by atoms with E-state index in [1.54, 1.807) is 24.3 Å². The minimum absolute atomic E-state index is 0.0367. The fourth-order valence-electron chi connectivity index (χ4n) is 3.80. The minimum atomic E-state index is -3.72. The Balaban J connectivity index is 1.58. The van der Waals surface area contributed by atoms with Gasteiger partial charge in [0.25, 0.3) is 10.0 Å². The van der Waals surface area contributed by atoms with Crippen molar-refractivity contribution in [3.05, 3.63) is 58.2 Å². The van der Waals surface area contributed by atoms with E-state index < -0.39 is 10.0 Å². The number of anilines is 2. The lowest BCUT2D eigenvalue weighted by Crippen LogP contribution is -2.20. The number of nitrogens with one attached hydrogen (secondary N) is 2. The fourth-order valence-corrected chi connectivity index (χ4v) is 6.16. The Kier molecular flexibility index (Phi) is 6.69. The summed E-state index contributed by atoms with van der Waals surface area (Å²) in [4.78, 5) is 18.1. The van der Waals surface area contributed by atoms with Crippen molar-refractivity contribution in [1.82, 2.24) is 4.98 Å². The maximum atomic E-state index is 12.8. The van der Waals surface area contributed by atoms with E-state index >= 15 is 0 Å². The van der Waals surface area contributed by atoms with Crippen LogP contribution in [0.25, 0.3) is 10.4 Å². The zero-order valence-corrected chi connectivity index (χ0v) is 21.0. The van der Waals surface area contributed by atoms with Crippen LogP contribution in [0.3, 0.4) is 0 Å². The van der Waals surface area contributed by atoms with Crippen molar-refractivity contribution in [3.8, 4) is 10.4 Å². The third-order valence-electron chi connectivity index (χ3n) is 5.62. The molecule has 1 fully saturated rings. The molecule has 4 rings (SSSR count). The van der Waals surface area contributed by atoms with Crippen LogP contribution in [0, 0.1) is 19.8 Å². The summed E-state index contributed by atoms with van der Waals surface area (Å²) < 4.78 is 29.2. The number of amides is 1. The van der Waals surface area contributed by atoms with Crippen LogP contribution < -0.4 is 10.0 Å². The molecule has 2 N–H and O–H groups in total. The van der Waals surface area contributed by atoms with Gasteiger partial charge in [0.05, 0.1) is 21.2 Å². The Labute approximate surface area is 200 Å². The summed E-state index contributed by atoms with van der Waals surface area (Å²) in [6.45, 7) is 3.75. The van der Waals surface area contributed by atoms with Gasteiger partial charge >= 0.3 is 0 Å². The Morgan fingerprint density at radius 1 is 1.09 bits per heavy atom. The molecule has 1 aliphatic rings. The number of thiazole rings is 1. The monoisotopic (exact) mass is 533 g/mol. The van der Waals surface area contributed by atoms with Crippen LogP contribution in [0.4, 0.5) is 10.8 Å². The minimum Gasteiger partial charge on any atom is -0.302 e. The summed E-state index contributed by atoms with van der Waals surface area (Å²) in [5, 5.41) is 3.53. The highest BCUT2D eigenvalue weighted by atomic mass is 79.9.